The molecule has 0 saturated heterocycles. The molecule has 0 radical (unpaired) electrons. The van der Waals surface area contributed by atoms with Gasteiger partial charge >= 0.3 is 5.97 Å². The lowest BCUT2D eigenvalue weighted by atomic mass is 10.3. The van der Waals surface area contributed by atoms with Gasteiger partial charge in [0, 0.05) is 0 Å². The summed E-state index contributed by atoms with van der Waals surface area (Å²) >= 11 is 4.83. The first-order valence-corrected chi connectivity index (χ1v) is 5.34. The third-order valence-corrected chi connectivity index (χ3v) is 3.05. The number of thiophene rings is 1. The van der Waals surface area contributed by atoms with E-state index in [0.717, 1.165) is 8.66 Å². The van der Waals surface area contributed by atoms with Crippen molar-refractivity contribution in [2.75, 3.05) is 6.61 Å². The molecule has 0 fully saturated rings. The highest BCUT2D eigenvalue weighted by Gasteiger charge is 2.02. The van der Waals surface area contributed by atoms with Crippen molar-refractivity contribution in [3.05, 3.63) is 20.8 Å². The van der Waals surface area contributed by atoms with E-state index in [-0.39, 0.29) is 0 Å². The van der Waals surface area contributed by atoms with E-state index in [4.69, 9.17) is 5.11 Å². The molecule has 0 aliphatic heterocycles. The normalized spacial score (nSPS) is 11.4. The van der Waals surface area contributed by atoms with Crippen LogP contribution in [0.2, 0.25) is 0 Å². The second-order valence-electron chi connectivity index (χ2n) is 2.45. The van der Waals surface area contributed by atoms with Crippen LogP contribution in [-0.2, 0) is 9.63 Å². The van der Waals surface area contributed by atoms with Gasteiger partial charge in [-0.25, -0.2) is 4.79 Å². The molecular weight excluding hydrogens is 270 g/mol. The lowest BCUT2D eigenvalue weighted by molar-refractivity contribution is -0.142. The van der Waals surface area contributed by atoms with E-state index in [2.05, 4.69) is 25.9 Å². The summed E-state index contributed by atoms with van der Waals surface area (Å²) in [7, 11) is 0. The summed E-state index contributed by atoms with van der Waals surface area (Å²) < 4.78 is 1.00. The SMILES string of the molecule is C/C(=N/OCC(=O)O)c1ccc(Br)s1. The lowest BCUT2D eigenvalue weighted by Crippen LogP contribution is -2.04. The molecule has 0 spiro atoms. The molecule has 4 nitrogen and oxygen atoms in total. The van der Waals surface area contributed by atoms with Crippen molar-refractivity contribution in [2.24, 2.45) is 5.16 Å². The maximum Gasteiger partial charge on any atom is 0.344 e. The van der Waals surface area contributed by atoms with Gasteiger partial charge in [-0.2, -0.15) is 0 Å². The van der Waals surface area contributed by atoms with E-state index >= 15 is 0 Å². The fourth-order valence-electron chi connectivity index (χ4n) is 0.738. The molecule has 14 heavy (non-hydrogen) atoms. The molecule has 0 aromatic carbocycles. The number of carbonyl (C=O) groups is 1. The van der Waals surface area contributed by atoms with Gasteiger partial charge < -0.3 is 9.94 Å². The monoisotopic (exact) mass is 277 g/mol. The van der Waals surface area contributed by atoms with Crippen LogP contribution < -0.4 is 0 Å². The highest BCUT2D eigenvalue weighted by molar-refractivity contribution is 9.11. The first-order chi connectivity index (χ1) is 6.59. The maximum atomic E-state index is 10.1. The Morgan fingerprint density at radius 1 is 1.71 bits per heavy atom. The number of nitrogens with zero attached hydrogens (tertiary/aromatic N) is 1. The number of halogens is 1. The van der Waals surface area contributed by atoms with E-state index < -0.39 is 12.6 Å². The van der Waals surface area contributed by atoms with E-state index in [1.165, 1.54) is 11.3 Å². The highest BCUT2D eigenvalue weighted by Crippen LogP contribution is 2.22. The molecule has 76 valence electrons. The van der Waals surface area contributed by atoms with Crippen LogP contribution in [0, 0.1) is 0 Å². The van der Waals surface area contributed by atoms with Crippen LogP contribution in [0.25, 0.3) is 0 Å². The molecule has 1 rings (SSSR count). The van der Waals surface area contributed by atoms with Crippen LogP contribution in [0.5, 0.6) is 0 Å². The summed E-state index contributed by atoms with van der Waals surface area (Å²) in [6.07, 6.45) is 0. The van der Waals surface area contributed by atoms with Gasteiger partial charge in [0.15, 0.2) is 0 Å². The zero-order chi connectivity index (χ0) is 10.6. The molecule has 0 amide bonds. The first-order valence-electron chi connectivity index (χ1n) is 3.73. The van der Waals surface area contributed by atoms with Gasteiger partial charge in [0.05, 0.1) is 14.4 Å². The van der Waals surface area contributed by atoms with Crippen LogP contribution in [-0.4, -0.2) is 23.4 Å². The van der Waals surface area contributed by atoms with Crippen LogP contribution in [0.15, 0.2) is 21.1 Å². The summed E-state index contributed by atoms with van der Waals surface area (Å²) in [5, 5.41) is 12.0. The molecule has 0 atom stereocenters. The first kappa shape index (κ1) is 11.2. The predicted octanol–water partition coefficient (Wildman–Crippen LogP) is 2.34. The molecule has 0 aliphatic carbocycles. The summed E-state index contributed by atoms with van der Waals surface area (Å²) in [6.45, 7) is 1.35. The zero-order valence-corrected chi connectivity index (χ0v) is 9.76. The van der Waals surface area contributed by atoms with Crippen molar-refractivity contribution < 1.29 is 14.7 Å². The highest BCUT2D eigenvalue weighted by atomic mass is 79.9. The molecule has 0 saturated carbocycles. The lowest BCUT2D eigenvalue weighted by Gasteiger charge is -1.96. The van der Waals surface area contributed by atoms with Crippen molar-refractivity contribution in [1.82, 2.24) is 0 Å². The fraction of sp³-hybridized carbons (Fsp3) is 0.250. The number of hydrogen-bond donors (Lipinski definition) is 1. The second-order valence-corrected chi connectivity index (χ2v) is 4.91. The van der Waals surface area contributed by atoms with Gasteiger partial charge in [-0.3, -0.25) is 0 Å². The minimum absolute atomic E-state index is 0.413. The molecule has 1 heterocycles. The van der Waals surface area contributed by atoms with E-state index in [9.17, 15) is 4.79 Å². The topological polar surface area (TPSA) is 58.9 Å². The van der Waals surface area contributed by atoms with E-state index in [0.29, 0.717) is 5.71 Å². The van der Waals surface area contributed by atoms with Crippen LogP contribution in [0.4, 0.5) is 0 Å². The van der Waals surface area contributed by atoms with E-state index in [1.807, 2.05) is 12.1 Å². The quantitative estimate of drug-likeness (QED) is 0.679. The number of oxime groups is 1. The van der Waals surface area contributed by atoms with Crippen LogP contribution >= 0.6 is 27.3 Å². The van der Waals surface area contributed by atoms with Crippen LogP contribution in [0.3, 0.4) is 0 Å². The molecule has 0 unspecified atom stereocenters. The smallest absolute Gasteiger partial charge is 0.344 e. The van der Waals surface area contributed by atoms with Crippen molar-refractivity contribution >= 4 is 38.9 Å². The number of carboxylic acid groups (broad SMARTS) is 1. The van der Waals surface area contributed by atoms with Gasteiger partial charge in [0.1, 0.15) is 0 Å². The Bertz CT molecular complexity index is 361. The number of aliphatic carboxylic acids is 1. The molecule has 6 heteroatoms. The summed E-state index contributed by atoms with van der Waals surface area (Å²) in [4.78, 5) is 15.7. The molecule has 1 N–H and O–H groups in total. The summed E-state index contributed by atoms with van der Waals surface area (Å²) in [5.74, 6) is -1.03. The van der Waals surface area contributed by atoms with Gasteiger partial charge in [-0.15, -0.1) is 11.3 Å². The number of carboxylic acids is 1. The largest absolute Gasteiger partial charge is 0.479 e. The Hall–Kier alpha value is -0.880. The summed E-state index contributed by atoms with van der Waals surface area (Å²) in [6, 6.07) is 3.79. The zero-order valence-electron chi connectivity index (χ0n) is 7.36. The molecule has 0 bridgehead atoms. The molecular formula is C8H8BrNO3S. The average Bonchev–Trinajstić information content (AvgIpc) is 2.51. The predicted molar refractivity (Wildman–Crippen MR) is 57.8 cm³/mol. The molecule has 1 aromatic heterocycles. The standard InChI is InChI=1S/C8H8BrNO3S/c1-5(10-13-4-8(11)12)6-2-3-7(9)14-6/h2-3H,4H2,1H3,(H,11,12)/b10-5-. The Kier molecular flexibility index (Phi) is 4.09. The Morgan fingerprint density at radius 2 is 2.43 bits per heavy atom. The number of hydrogen-bond acceptors (Lipinski definition) is 4. The average molecular weight is 278 g/mol. The van der Waals surface area contributed by atoms with Gasteiger partial charge in [0.2, 0.25) is 6.61 Å². The van der Waals surface area contributed by atoms with Crippen molar-refractivity contribution in [2.45, 2.75) is 6.92 Å². The number of rotatable bonds is 4. The van der Waals surface area contributed by atoms with Crippen molar-refractivity contribution in [3.8, 4) is 0 Å². The van der Waals surface area contributed by atoms with Gasteiger partial charge in [-0.1, -0.05) is 5.16 Å². The second kappa shape index (κ2) is 5.11. The molecule has 1 aromatic rings. The minimum atomic E-state index is -1.03. The Labute approximate surface area is 93.3 Å². The Morgan fingerprint density at radius 3 is 2.93 bits per heavy atom. The van der Waals surface area contributed by atoms with Gasteiger partial charge in [0.25, 0.3) is 0 Å². The maximum absolute atomic E-state index is 10.1. The fourth-order valence-corrected chi connectivity index (χ4v) is 2.06. The molecule has 0 aliphatic rings. The third-order valence-electron chi connectivity index (χ3n) is 1.32. The Balaban J connectivity index is 2.56. The summed E-state index contributed by atoms with van der Waals surface area (Å²) in [5.41, 5.74) is 0.668. The minimum Gasteiger partial charge on any atom is -0.479 e. The van der Waals surface area contributed by atoms with Gasteiger partial charge in [-0.05, 0) is 35.0 Å². The third kappa shape index (κ3) is 3.47. The van der Waals surface area contributed by atoms with E-state index in [1.54, 1.807) is 6.92 Å². The van der Waals surface area contributed by atoms with Crippen molar-refractivity contribution in [3.63, 3.8) is 0 Å². The van der Waals surface area contributed by atoms with Crippen molar-refractivity contribution in [1.29, 1.82) is 0 Å². The van der Waals surface area contributed by atoms with Crippen LogP contribution in [0.1, 0.15) is 11.8 Å².